The molecule has 1 N–H and O–H groups in total. The second-order valence-electron chi connectivity index (χ2n) is 7.09. The lowest BCUT2D eigenvalue weighted by Crippen LogP contribution is -2.43. The number of hydrogen-bond acceptors (Lipinski definition) is 6. The average molecular weight is 410 g/mol. The van der Waals surface area contributed by atoms with Crippen LogP contribution in [0, 0.1) is 0 Å². The second kappa shape index (κ2) is 7.70. The predicted molar refractivity (Wildman–Crippen MR) is 107 cm³/mol. The Labute approximate surface area is 173 Å². The van der Waals surface area contributed by atoms with Crippen molar-refractivity contribution in [3.8, 4) is 17.2 Å². The Bertz CT molecular complexity index is 1000. The van der Waals surface area contributed by atoms with Gasteiger partial charge in [0.15, 0.2) is 17.3 Å². The number of ketones is 1. The predicted octanol–water partition coefficient (Wildman–Crippen LogP) is 2.51. The highest BCUT2D eigenvalue weighted by molar-refractivity contribution is 6.11. The monoisotopic (exact) mass is 410 g/mol. The van der Waals surface area contributed by atoms with E-state index in [4.69, 9.17) is 14.2 Å². The first kappa shape index (κ1) is 19.8. The van der Waals surface area contributed by atoms with Gasteiger partial charge in [-0.25, -0.2) is 4.79 Å². The summed E-state index contributed by atoms with van der Waals surface area (Å²) in [5.74, 6) is 0.873. The van der Waals surface area contributed by atoms with Crippen molar-refractivity contribution in [1.29, 1.82) is 0 Å². The largest absolute Gasteiger partial charge is 0.497 e. The van der Waals surface area contributed by atoms with Gasteiger partial charge < -0.3 is 19.5 Å². The molecule has 0 saturated carbocycles. The van der Waals surface area contributed by atoms with E-state index in [2.05, 4.69) is 5.32 Å². The van der Waals surface area contributed by atoms with Crippen LogP contribution in [0.2, 0.25) is 0 Å². The van der Waals surface area contributed by atoms with Crippen molar-refractivity contribution in [2.24, 2.45) is 0 Å². The molecule has 3 amide bonds. The summed E-state index contributed by atoms with van der Waals surface area (Å²) in [4.78, 5) is 39.6. The van der Waals surface area contributed by atoms with Gasteiger partial charge in [0.1, 0.15) is 24.5 Å². The normalized spacial score (nSPS) is 20.1. The van der Waals surface area contributed by atoms with E-state index in [-0.39, 0.29) is 12.3 Å². The number of benzene rings is 2. The number of carbonyl (C=O) groups excluding carboxylic acids is 3. The molecule has 0 spiro atoms. The Hall–Kier alpha value is -3.55. The highest BCUT2D eigenvalue weighted by atomic mass is 16.6. The topological polar surface area (TPSA) is 94.2 Å². The lowest BCUT2D eigenvalue weighted by Gasteiger charge is -2.26. The van der Waals surface area contributed by atoms with E-state index in [1.165, 1.54) is 0 Å². The van der Waals surface area contributed by atoms with Crippen molar-refractivity contribution in [2.45, 2.75) is 18.9 Å². The van der Waals surface area contributed by atoms with Gasteiger partial charge in [-0.3, -0.25) is 14.5 Å². The zero-order chi connectivity index (χ0) is 21.3. The number of Topliss-reactive ketones (excluding diaryl/α,β-unsaturated/α-hetero) is 1. The van der Waals surface area contributed by atoms with Crippen LogP contribution in [-0.2, 0) is 10.3 Å². The van der Waals surface area contributed by atoms with Crippen LogP contribution in [0.4, 0.5) is 4.79 Å². The van der Waals surface area contributed by atoms with E-state index >= 15 is 0 Å². The van der Waals surface area contributed by atoms with E-state index in [1.807, 2.05) is 6.92 Å². The van der Waals surface area contributed by atoms with Gasteiger partial charge in [-0.15, -0.1) is 0 Å². The average Bonchev–Trinajstić information content (AvgIpc) is 3.03. The van der Waals surface area contributed by atoms with Gasteiger partial charge in [0, 0.05) is 5.56 Å². The summed E-state index contributed by atoms with van der Waals surface area (Å²) < 4.78 is 16.1. The third kappa shape index (κ3) is 3.24. The van der Waals surface area contributed by atoms with Crippen LogP contribution < -0.4 is 19.5 Å². The molecular weight excluding hydrogens is 388 g/mol. The quantitative estimate of drug-likeness (QED) is 0.581. The number of methoxy groups -OCH3 is 1. The summed E-state index contributed by atoms with van der Waals surface area (Å²) in [5, 5.41) is 2.78. The number of nitrogens with zero attached hydrogens (tertiary/aromatic N) is 1. The van der Waals surface area contributed by atoms with E-state index < -0.39 is 17.5 Å². The maximum Gasteiger partial charge on any atom is 0.325 e. The molecule has 1 saturated heterocycles. The molecule has 1 fully saturated rings. The third-order valence-corrected chi connectivity index (χ3v) is 5.45. The molecule has 2 heterocycles. The number of imide groups is 1. The van der Waals surface area contributed by atoms with Crippen molar-refractivity contribution in [2.75, 3.05) is 26.9 Å². The standard InChI is InChI=1S/C22H22N2O6/c1-3-22(15-5-7-16(28-2)8-6-15)20(26)24(21(27)23-22)13-17(25)14-4-9-18-19(12-14)30-11-10-29-18/h4-9,12H,3,10-11,13H2,1-2H3,(H,23,27)/t22-/m1/s1. The molecule has 30 heavy (non-hydrogen) atoms. The molecule has 2 aromatic rings. The maximum absolute atomic E-state index is 13.2. The fourth-order valence-electron chi connectivity index (χ4n) is 3.74. The minimum absolute atomic E-state index is 0.346. The first-order valence-corrected chi connectivity index (χ1v) is 9.70. The molecule has 2 aliphatic heterocycles. The van der Waals surface area contributed by atoms with Gasteiger partial charge in [0.25, 0.3) is 5.91 Å². The number of amides is 3. The van der Waals surface area contributed by atoms with Crippen LogP contribution in [0.1, 0.15) is 29.3 Å². The lowest BCUT2D eigenvalue weighted by atomic mass is 9.87. The first-order chi connectivity index (χ1) is 14.5. The Morgan fingerprint density at radius 2 is 1.80 bits per heavy atom. The molecule has 0 aliphatic carbocycles. The Morgan fingerprint density at radius 3 is 2.47 bits per heavy atom. The molecule has 2 aromatic carbocycles. The van der Waals surface area contributed by atoms with Crippen molar-refractivity contribution in [3.63, 3.8) is 0 Å². The molecule has 8 heteroatoms. The van der Waals surface area contributed by atoms with Crippen molar-refractivity contribution in [1.82, 2.24) is 10.2 Å². The zero-order valence-electron chi connectivity index (χ0n) is 16.8. The minimum Gasteiger partial charge on any atom is -0.497 e. The van der Waals surface area contributed by atoms with E-state index in [9.17, 15) is 14.4 Å². The highest BCUT2D eigenvalue weighted by Crippen LogP contribution is 2.34. The van der Waals surface area contributed by atoms with E-state index in [0.717, 1.165) is 4.90 Å². The summed E-state index contributed by atoms with van der Waals surface area (Å²) in [6.07, 6.45) is 0.346. The third-order valence-electron chi connectivity index (χ3n) is 5.45. The fourth-order valence-corrected chi connectivity index (χ4v) is 3.74. The van der Waals surface area contributed by atoms with Gasteiger partial charge in [-0.2, -0.15) is 0 Å². The molecule has 4 rings (SSSR count). The Kier molecular flexibility index (Phi) is 5.07. The van der Waals surface area contributed by atoms with E-state index in [0.29, 0.717) is 48.0 Å². The van der Waals surface area contributed by atoms with Crippen LogP contribution >= 0.6 is 0 Å². The van der Waals surface area contributed by atoms with Gasteiger partial charge >= 0.3 is 6.03 Å². The molecule has 0 bridgehead atoms. The highest BCUT2D eigenvalue weighted by Gasteiger charge is 2.51. The minimum atomic E-state index is -1.21. The summed E-state index contributed by atoms with van der Waals surface area (Å²) >= 11 is 0. The molecular formula is C22H22N2O6. The molecule has 1 atom stereocenters. The van der Waals surface area contributed by atoms with Gasteiger partial charge in [-0.1, -0.05) is 19.1 Å². The van der Waals surface area contributed by atoms with E-state index in [1.54, 1.807) is 49.6 Å². The van der Waals surface area contributed by atoms with Gasteiger partial charge in [-0.05, 0) is 42.3 Å². The fraction of sp³-hybridized carbons (Fsp3) is 0.318. The number of hydrogen-bond donors (Lipinski definition) is 1. The molecule has 156 valence electrons. The van der Waals surface area contributed by atoms with Crippen LogP contribution in [0.5, 0.6) is 17.2 Å². The smallest absolute Gasteiger partial charge is 0.325 e. The number of rotatable bonds is 6. The lowest BCUT2D eigenvalue weighted by molar-refractivity contribution is -0.131. The number of ether oxygens (including phenoxy) is 3. The van der Waals surface area contributed by atoms with Crippen molar-refractivity contribution >= 4 is 17.7 Å². The van der Waals surface area contributed by atoms with Gasteiger partial charge in [0.2, 0.25) is 0 Å². The summed E-state index contributed by atoms with van der Waals surface area (Å²) in [6, 6.07) is 11.2. The number of urea groups is 1. The maximum atomic E-state index is 13.2. The van der Waals surface area contributed by atoms with Crippen molar-refractivity contribution in [3.05, 3.63) is 53.6 Å². The Balaban J connectivity index is 1.56. The number of nitrogens with one attached hydrogen (secondary N) is 1. The molecule has 2 aliphatic rings. The second-order valence-corrected chi connectivity index (χ2v) is 7.09. The van der Waals surface area contributed by atoms with Crippen LogP contribution in [0.3, 0.4) is 0 Å². The summed E-state index contributed by atoms with van der Waals surface area (Å²) in [7, 11) is 1.55. The first-order valence-electron chi connectivity index (χ1n) is 9.70. The summed E-state index contributed by atoms with van der Waals surface area (Å²) in [5.41, 5.74) is -0.229. The molecule has 8 nitrogen and oxygen atoms in total. The number of carbonyl (C=O) groups is 3. The SMILES string of the molecule is CC[C@]1(c2ccc(OC)cc2)NC(=O)N(CC(=O)c2ccc3c(c2)OCCO3)C1=O. The zero-order valence-corrected chi connectivity index (χ0v) is 16.8. The number of fused-ring (bicyclic) bond motifs is 1. The summed E-state index contributed by atoms with van der Waals surface area (Å²) in [6.45, 7) is 2.31. The van der Waals surface area contributed by atoms with Crippen LogP contribution in [0.25, 0.3) is 0 Å². The van der Waals surface area contributed by atoms with Crippen molar-refractivity contribution < 1.29 is 28.6 Å². The van der Waals surface area contributed by atoms with Crippen LogP contribution in [0.15, 0.2) is 42.5 Å². The Morgan fingerprint density at radius 1 is 1.10 bits per heavy atom. The van der Waals surface area contributed by atoms with Gasteiger partial charge in [0.05, 0.1) is 13.7 Å². The molecule has 0 radical (unpaired) electrons. The van der Waals surface area contributed by atoms with Crippen LogP contribution in [-0.4, -0.2) is 49.5 Å². The molecule has 0 aromatic heterocycles. The molecule has 0 unspecified atom stereocenters.